The quantitative estimate of drug-likeness (QED) is 0.739. The molecule has 0 aliphatic carbocycles. The van der Waals surface area contributed by atoms with Gasteiger partial charge in [-0.05, 0) is 19.9 Å². The smallest absolute Gasteiger partial charge is 0.154 e. The third kappa shape index (κ3) is 3.64. The molecule has 2 rings (SSSR count). The molecule has 100 valence electrons. The Morgan fingerprint density at radius 1 is 1.41 bits per heavy atom. The van der Waals surface area contributed by atoms with Crippen LogP contribution in [0.15, 0.2) is 0 Å². The number of nitrogens with zero attached hydrogens (tertiary/aromatic N) is 1. The second kappa shape index (κ2) is 5.65. The summed E-state index contributed by atoms with van der Waals surface area (Å²) in [5.74, 6) is 0.363. The fourth-order valence-corrected chi connectivity index (χ4v) is 4.28. The molecule has 0 bridgehead atoms. The third-order valence-corrected chi connectivity index (χ3v) is 5.82. The maximum absolute atomic E-state index is 11.6. The summed E-state index contributed by atoms with van der Waals surface area (Å²) in [4.78, 5) is 2.24. The molecular weight excluding hydrogens is 240 g/mol. The average molecular weight is 262 g/mol. The van der Waals surface area contributed by atoms with Crippen LogP contribution in [0.1, 0.15) is 12.8 Å². The molecule has 2 atom stereocenters. The minimum absolute atomic E-state index is 0.177. The van der Waals surface area contributed by atoms with Gasteiger partial charge in [0.15, 0.2) is 9.84 Å². The highest BCUT2D eigenvalue weighted by molar-refractivity contribution is 7.92. The topological polar surface area (TPSA) is 58.6 Å². The summed E-state index contributed by atoms with van der Waals surface area (Å²) in [7, 11) is -0.734. The second-order valence-corrected chi connectivity index (χ2v) is 7.45. The lowest BCUT2D eigenvalue weighted by Crippen LogP contribution is -2.46. The van der Waals surface area contributed by atoms with Gasteiger partial charge in [0, 0.05) is 26.2 Å². The van der Waals surface area contributed by atoms with Gasteiger partial charge in [-0.25, -0.2) is 8.42 Å². The van der Waals surface area contributed by atoms with Crippen LogP contribution in [0.5, 0.6) is 0 Å². The van der Waals surface area contributed by atoms with Crippen molar-refractivity contribution >= 4 is 9.84 Å². The molecule has 17 heavy (non-hydrogen) atoms. The molecule has 2 fully saturated rings. The molecule has 0 saturated carbocycles. The standard InChI is InChI=1S/C11H22N2O3S/c1-13-4-5-16-10(9-13)7-12-8-11-3-2-6-17(11,14)15/h10-12H,2-9H2,1H3. The molecule has 2 heterocycles. The first kappa shape index (κ1) is 13.3. The summed E-state index contributed by atoms with van der Waals surface area (Å²) in [5.41, 5.74) is 0. The van der Waals surface area contributed by atoms with Gasteiger partial charge in [0.25, 0.3) is 0 Å². The van der Waals surface area contributed by atoms with Crippen LogP contribution >= 0.6 is 0 Å². The van der Waals surface area contributed by atoms with Gasteiger partial charge in [-0.3, -0.25) is 0 Å². The number of rotatable bonds is 4. The predicted octanol–water partition coefficient (Wildman–Crippen LogP) is -0.516. The molecule has 6 heteroatoms. The van der Waals surface area contributed by atoms with Crippen LogP contribution in [-0.2, 0) is 14.6 Å². The van der Waals surface area contributed by atoms with E-state index >= 15 is 0 Å². The Kier molecular flexibility index (Phi) is 4.41. The van der Waals surface area contributed by atoms with Crippen LogP contribution in [0.25, 0.3) is 0 Å². The molecule has 0 aromatic carbocycles. The molecular formula is C11H22N2O3S. The van der Waals surface area contributed by atoms with Gasteiger partial charge in [-0.15, -0.1) is 0 Å². The molecule has 1 N–H and O–H groups in total. The number of hydrogen-bond acceptors (Lipinski definition) is 5. The highest BCUT2D eigenvalue weighted by atomic mass is 32.2. The van der Waals surface area contributed by atoms with Gasteiger partial charge >= 0.3 is 0 Å². The number of morpholine rings is 1. The highest BCUT2D eigenvalue weighted by Gasteiger charge is 2.30. The van der Waals surface area contributed by atoms with Crippen molar-refractivity contribution < 1.29 is 13.2 Å². The van der Waals surface area contributed by atoms with Crippen molar-refractivity contribution in [3.8, 4) is 0 Å². The molecule has 2 unspecified atom stereocenters. The van der Waals surface area contributed by atoms with Crippen molar-refractivity contribution in [2.24, 2.45) is 0 Å². The van der Waals surface area contributed by atoms with Crippen LogP contribution in [0, 0.1) is 0 Å². The number of sulfone groups is 1. The van der Waals surface area contributed by atoms with E-state index in [-0.39, 0.29) is 11.4 Å². The minimum atomic E-state index is -2.81. The highest BCUT2D eigenvalue weighted by Crippen LogP contribution is 2.19. The zero-order chi connectivity index (χ0) is 12.3. The lowest BCUT2D eigenvalue weighted by molar-refractivity contribution is -0.0179. The van der Waals surface area contributed by atoms with E-state index in [4.69, 9.17) is 4.74 Å². The summed E-state index contributed by atoms with van der Waals surface area (Å²) in [5, 5.41) is 3.07. The Morgan fingerprint density at radius 2 is 2.24 bits per heavy atom. The van der Waals surface area contributed by atoms with E-state index in [1.54, 1.807) is 0 Å². The van der Waals surface area contributed by atoms with Crippen molar-refractivity contribution in [2.45, 2.75) is 24.2 Å². The molecule has 0 aromatic rings. The van der Waals surface area contributed by atoms with Gasteiger partial charge in [0.05, 0.1) is 23.7 Å². The Labute approximate surface area is 103 Å². The third-order valence-electron chi connectivity index (χ3n) is 3.55. The van der Waals surface area contributed by atoms with E-state index in [1.165, 1.54) is 0 Å². The van der Waals surface area contributed by atoms with Gasteiger partial charge < -0.3 is 15.0 Å². The Morgan fingerprint density at radius 3 is 2.88 bits per heavy atom. The van der Waals surface area contributed by atoms with E-state index in [1.807, 2.05) is 0 Å². The van der Waals surface area contributed by atoms with E-state index in [0.29, 0.717) is 12.3 Å². The van der Waals surface area contributed by atoms with Gasteiger partial charge in [0.1, 0.15) is 0 Å². The molecule has 0 radical (unpaired) electrons. The van der Waals surface area contributed by atoms with Crippen molar-refractivity contribution in [1.29, 1.82) is 0 Å². The van der Waals surface area contributed by atoms with Gasteiger partial charge in [-0.2, -0.15) is 0 Å². The molecule has 2 saturated heterocycles. The fourth-order valence-electron chi connectivity index (χ4n) is 2.48. The average Bonchev–Trinajstić information content (AvgIpc) is 2.58. The second-order valence-electron chi connectivity index (χ2n) is 5.04. The number of nitrogens with one attached hydrogen (secondary N) is 1. The first-order valence-electron chi connectivity index (χ1n) is 6.30. The molecule has 0 spiro atoms. The molecule has 0 aromatic heterocycles. The molecule has 0 amide bonds. The zero-order valence-electron chi connectivity index (χ0n) is 10.4. The first-order valence-corrected chi connectivity index (χ1v) is 8.02. The van der Waals surface area contributed by atoms with Crippen LogP contribution in [-0.4, -0.2) is 70.3 Å². The monoisotopic (exact) mass is 262 g/mol. The van der Waals surface area contributed by atoms with Crippen molar-refractivity contribution in [1.82, 2.24) is 10.2 Å². The molecule has 2 aliphatic rings. The summed E-state index contributed by atoms with van der Waals surface area (Å²) >= 11 is 0. The largest absolute Gasteiger partial charge is 0.374 e. The zero-order valence-corrected chi connectivity index (χ0v) is 11.2. The fraction of sp³-hybridized carbons (Fsp3) is 1.00. The lowest BCUT2D eigenvalue weighted by Gasteiger charge is -2.30. The Hall–Kier alpha value is -0.170. The van der Waals surface area contributed by atoms with Crippen LogP contribution < -0.4 is 5.32 Å². The maximum atomic E-state index is 11.6. The summed E-state index contributed by atoms with van der Waals surface area (Å²) in [6.45, 7) is 3.99. The van der Waals surface area contributed by atoms with Crippen LogP contribution in [0.4, 0.5) is 0 Å². The van der Waals surface area contributed by atoms with Crippen LogP contribution in [0.2, 0.25) is 0 Å². The maximum Gasteiger partial charge on any atom is 0.154 e. The number of hydrogen-bond donors (Lipinski definition) is 1. The van der Waals surface area contributed by atoms with Gasteiger partial charge in [-0.1, -0.05) is 0 Å². The van der Waals surface area contributed by atoms with Crippen LogP contribution in [0.3, 0.4) is 0 Å². The summed E-state index contributed by atoms with van der Waals surface area (Å²) < 4.78 is 28.8. The first-order chi connectivity index (χ1) is 8.08. The van der Waals surface area contributed by atoms with Crippen molar-refractivity contribution in [2.75, 3.05) is 45.6 Å². The van der Waals surface area contributed by atoms with E-state index < -0.39 is 9.84 Å². The molecule has 2 aliphatic heterocycles. The normalized spacial score (nSPS) is 33.9. The predicted molar refractivity (Wildman–Crippen MR) is 66.9 cm³/mol. The SMILES string of the molecule is CN1CCOC(CNCC2CCCS2(=O)=O)C1. The lowest BCUT2D eigenvalue weighted by atomic mass is 10.2. The van der Waals surface area contributed by atoms with E-state index in [2.05, 4.69) is 17.3 Å². The summed E-state index contributed by atoms with van der Waals surface area (Å²) in [6, 6.07) is 0. The minimum Gasteiger partial charge on any atom is -0.374 e. The number of likely N-dealkylation sites (N-methyl/N-ethyl adjacent to an activating group) is 1. The summed E-state index contributed by atoms with van der Waals surface area (Å²) in [6.07, 6.45) is 1.82. The Balaban J connectivity index is 1.69. The molecule has 5 nitrogen and oxygen atoms in total. The van der Waals surface area contributed by atoms with Gasteiger partial charge in [0.2, 0.25) is 0 Å². The number of ether oxygens (including phenoxy) is 1. The van der Waals surface area contributed by atoms with Crippen molar-refractivity contribution in [3.63, 3.8) is 0 Å². The van der Waals surface area contributed by atoms with Crippen molar-refractivity contribution in [3.05, 3.63) is 0 Å². The van der Waals surface area contributed by atoms with E-state index in [9.17, 15) is 8.42 Å². The van der Waals surface area contributed by atoms with E-state index in [0.717, 1.165) is 39.1 Å². The Bertz CT molecular complexity index is 345.